The van der Waals surface area contributed by atoms with E-state index in [0.717, 1.165) is 6.20 Å². The molecule has 0 aliphatic rings. The van der Waals surface area contributed by atoms with Crippen molar-refractivity contribution < 1.29 is 18.7 Å². The number of nitrogens with zero attached hydrogens (tertiary/aromatic N) is 1. The Bertz CT molecular complexity index is 384. The van der Waals surface area contributed by atoms with Gasteiger partial charge in [-0.2, -0.15) is 0 Å². The van der Waals surface area contributed by atoms with E-state index in [1.165, 1.54) is 0 Å². The number of hydrogen-bond donors (Lipinski definition) is 2. The number of aromatic nitrogens is 1. The van der Waals surface area contributed by atoms with Crippen LogP contribution in [0.15, 0.2) is 10.7 Å². The first-order valence-electron chi connectivity index (χ1n) is 3.40. The standard InChI is InChI=1S/C7H5BrF2N2O2/c8-3-4(11)2(6(9)10)1-12-5(3)7(13)14/h1,6H,(H2,11,12)(H,13,14). The van der Waals surface area contributed by atoms with Gasteiger partial charge in [0.05, 0.1) is 15.7 Å². The Balaban J connectivity index is 3.33. The predicted octanol–water partition coefficient (Wildman–Crippen LogP) is 2.06. The molecule has 1 rings (SSSR count). The molecule has 0 aliphatic heterocycles. The molecule has 0 atom stereocenters. The summed E-state index contributed by atoms with van der Waals surface area (Å²) in [4.78, 5) is 13.9. The zero-order chi connectivity index (χ0) is 10.9. The lowest BCUT2D eigenvalue weighted by Crippen LogP contribution is -2.06. The van der Waals surface area contributed by atoms with Gasteiger partial charge < -0.3 is 10.8 Å². The smallest absolute Gasteiger partial charge is 0.355 e. The number of carbonyl (C=O) groups is 1. The molecule has 0 bridgehead atoms. The summed E-state index contributed by atoms with van der Waals surface area (Å²) in [6.45, 7) is 0. The van der Waals surface area contributed by atoms with Gasteiger partial charge in [-0.05, 0) is 15.9 Å². The fourth-order valence-electron chi connectivity index (χ4n) is 0.838. The molecule has 0 amide bonds. The second kappa shape index (κ2) is 3.87. The first-order valence-corrected chi connectivity index (χ1v) is 4.19. The summed E-state index contributed by atoms with van der Waals surface area (Å²) < 4.78 is 24.4. The van der Waals surface area contributed by atoms with E-state index in [0.29, 0.717) is 0 Å². The number of rotatable bonds is 2. The van der Waals surface area contributed by atoms with Crippen LogP contribution >= 0.6 is 15.9 Å². The zero-order valence-electron chi connectivity index (χ0n) is 6.67. The number of halogens is 3. The molecule has 0 unspecified atom stereocenters. The van der Waals surface area contributed by atoms with E-state index in [2.05, 4.69) is 20.9 Å². The summed E-state index contributed by atoms with van der Waals surface area (Å²) in [5.74, 6) is -1.33. The Morgan fingerprint density at radius 1 is 1.64 bits per heavy atom. The highest BCUT2D eigenvalue weighted by molar-refractivity contribution is 9.10. The highest BCUT2D eigenvalue weighted by atomic mass is 79.9. The van der Waals surface area contributed by atoms with Gasteiger partial charge in [0.25, 0.3) is 6.43 Å². The van der Waals surface area contributed by atoms with Gasteiger partial charge in [0.2, 0.25) is 0 Å². The molecule has 0 radical (unpaired) electrons. The zero-order valence-corrected chi connectivity index (χ0v) is 8.25. The number of alkyl halides is 2. The van der Waals surface area contributed by atoms with Crippen LogP contribution in [0.4, 0.5) is 14.5 Å². The Kier molecular flexibility index (Phi) is 3.00. The average molecular weight is 267 g/mol. The average Bonchev–Trinajstić information content (AvgIpc) is 2.08. The molecule has 1 aromatic rings. The van der Waals surface area contributed by atoms with Crippen molar-refractivity contribution in [3.05, 3.63) is 21.9 Å². The molecular formula is C7H5BrF2N2O2. The second-order valence-electron chi connectivity index (χ2n) is 2.40. The molecule has 3 N–H and O–H groups in total. The number of nitrogens with two attached hydrogens (primary N) is 1. The SMILES string of the molecule is Nc1c(C(F)F)cnc(C(=O)O)c1Br. The summed E-state index contributed by atoms with van der Waals surface area (Å²) in [5.41, 5.74) is 4.13. The molecule has 1 heterocycles. The van der Waals surface area contributed by atoms with Gasteiger partial charge in [-0.25, -0.2) is 18.6 Å². The minimum absolute atomic E-state index is 0.122. The lowest BCUT2D eigenvalue weighted by molar-refractivity contribution is 0.0688. The molecule has 0 saturated carbocycles. The quantitative estimate of drug-likeness (QED) is 0.859. The normalized spacial score (nSPS) is 10.6. The van der Waals surface area contributed by atoms with Gasteiger partial charge in [0, 0.05) is 6.20 Å². The van der Waals surface area contributed by atoms with Crippen molar-refractivity contribution in [1.82, 2.24) is 4.98 Å². The third-order valence-electron chi connectivity index (χ3n) is 1.53. The molecule has 7 heteroatoms. The van der Waals surface area contributed by atoms with Gasteiger partial charge in [-0.3, -0.25) is 0 Å². The van der Waals surface area contributed by atoms with Gasteiger partial charge in [0.1, 0.15) is 0 Å². The molecule has 14 heavy (non-hydrogen) atoms. The monoisotopic (exact) mass is 266 g/mol. The lowest BCUT2D eigenvalue weighted by atomic mass is 10.2. The number of pyridine rings is 1. The maximum Gasteiger partial charge on any atom is 0.355 e. The van der Waals surface area contributed by atoms with Crippen molar-refractivity contribution in [1.29, 1.82) is 0 Å². The molecule has 0 aliphatic carbocycles. The van der Waals surface area contributed by atoms with Crippen molar-refractivity contribution in [2.45, 2.75) is 6.43 Å². The molecule has 0 aromatic carbocycles. The number of hydrogen-bond acceptors (Lipinski definition) is 3. The first kappa shape index (κ1) is 10.8. The van der Waals surface area contributed by atoms with Crippen LogP contribution in [0.3, 0.4) is 0 Å². The number of carboxylic acids is 1. The van der Waals surface area contributed by atoms with Crippen LogP contribution in [0.2, 0.25) is 0 Å². The van der Waals surface area contributed by atoms with E-state index in [1.807, 2.05) is 0 Å². The predicted molar refractivity (Wildman–Crippen MR) is 48.3 cm³/mol. The van der Waals surface area contributed by atoms with Crippen LogP contribution in [0.1, 0.15) is 22.5 Å². The molecule has 0 saturated heterocycles. The van der Waals surface area contributed by atoms with Crippen LogP contribution in [-0.4, -0.2) is 16.1 Å². The van der Waals surface area contributed by atoms with Crippen LogP contribution in [0, 0.1) is 0 Å². The van der Waals surface area contributed by atoms with Crippen LogP contribution in [0.5, 0.6) is 0 Å². The van der Waals surface area contributed by atoms with Gasteiger partial charge in [-0.1, -0.05) is 0 Å². The third kappa shape index (κ3) is 1.82. The second-order valence-corrected chi connectivity index (χ2v) is 3.19. The molecule has 1 aromatic heterocycles. The molecular weight excluding hydrogens is 262 g/mol. The Morgan fingerprint density at radius 3 is 2.64 bits per heavy atom. The fourth-order valence-corrected chi connectivity index (χ4v) is 1.34. The summed E-state index contributed by atoms with van der Waals surface area (Å²) in [6.07, 6.45) is -2.02. The highest BCUT2D eigenvalue weighted by Gasteiger charge is 2.19. The topological polar surface area (TPSA) is 76.2 Å². The highest BCUT2D eigenvalue weighted by Crippen LogP contribution is 2.31. The van der Waals surface area contributed by atoms with Crippen molar-refractivity contribution in [2.24, 2.45) is 0 Å². The van der Waals surface area contributed by atoms with Crippen molar-refractivity contribution in [3.8, 4) is 0 Å². The van der Waals surface area contributed by atoms with Crippen LogP contribution < -0.4 is 5.73 Å². The van der Waals surface area contributed by atoms with Crippen molar-refractivity contribution in [2.75, 3.05) is 5.73 Å². The fraction of sp³-hybridized carbons (Fsp3) is 0.143. The largest absolute Gasteiger partial charge is 0.476 e. The summed E-state index contributed by atoms with van der Waals surface area (Å²) in [7, 11) is 0. The van der Waals surface area contributed by atoms with Gasteiger partial charge >= 0.3 is 5.97 Å². The van der Waals surface area contributed by atoms with E-state index < -0.39 is 18.0 Å². The van der Waals surface area contributed by atoms with Crippen LogP contribution in [-0.2, 0) is 0 Å². The maximum absolute atomic E-state index is 12.3. The Hall–Kier alpha value is -1.24. The molecule has 0 fully saturated rings. The van der Waals surface area contributed by atoms with E-state index in [-0.39, 0.29) is 15.9 Å². The van der Waals surface area contributed by atoms with E-state index in [1.54, 1.807) is 0 Å². The summed E-state index contributed by atoms with van der Waals surface area (Å²) in [5, 5.41) is 8.58. The molecule has 76 valence electrons. The summed E-state index contributed by atoms with van der Waals surface area (Å²) in [6, 6.07) is 0. The number of carboxylic acid groups (broad SMARTS) is 1. The Morgan fingerprint density at radius 2 is 2.21 bits per heavy atom. The Labute approximate surface area is 85.9 Å². The lowest BCUT2D eigenvalue weighted by Gasteiger charge is -2.07. The molecule has 0 spiro atoms. The number of aromatic carboxylic acids is 1. The third-order valence-corrected chi connectivity index (χ3v) is 2.33. The van der Waals surface area contributed by atoms with E-state index in [9.17, 15) is 13.6 Å². The number of nitrogen functional groups attached to an aromatic ring is 1. The van der Waals surface area contributed by atoms with Crippen molar-refractivity contribution >= 4 is 27.6 Å². The minimum atomic E-state index is -2.78. The minimum Gasteiger partial charge on any atom is -0.476 e. The number of anilines is 1. The first-order chi connectivity index (χ1) is 6.45. The van der Waals surface area contributed by atoms with E-state index >= 15 is 0 Å². The summed E-state index contributed by atoms with van der Waals surface area (Å²) >= 11 is 2.80. The maximum atomic E-state index is 12.3. The van der Waals surface area contributed by atoms with Gasteiger partial charge in [-0.15, -0.1) is 0 Å². The molecule has 4 nitrogen and oxygen atoms in total. The van der Waals surface area contributed by atoms with Crippen molar-refractivity contribution in [3.63, 3.8) is 0 Å². The van der Waals surface area contributed by atoms with Crippen LogP contribution in [0.25, 0.3) is 0 Å². The van der Waals surface area contributed by atoms with E-state index in [4.69, 9.17) is 10.8 Å². The van der Waals surface area contributed by atoms with Gasteiger partial charge in [0.15, 0.2) is 5.69 Å².